The van der Waals surface area contributed by atoms with Gasteiger partial charge in [-0.3, -0.25) is 0 Å². The highest BCUT2D eigenvalue weighted by atomic mass is 32.1. The van der Waals surface area contributed by atoms with E-state index in [4.69, 9.17) is 12.2 Å². The molecule has 0 aromatic heterocycles. The summed E-state index contributed by atoms with van der Waals surface area (Å²) in [5.41, 5.74) is 2.36. The van der Waals surface area contributed by atoms with Crippen molar-refractivity contribution >= 4 is 23.0 Å². The van der Waals surface area contributed by atoms with E-state index < -0.39 is 0 Å². The summed E-state index contributed by atoms with van der Waals surface area (Å²) in [5, 5.41) is 4.26. The minimum Gasteiger partial charge on any atom is -0.346 e. The number of aryl methyl sites for hydroxylation is 1. The number of rotatable bonds is 2. The van der Waals surface area contributed by atoms with Gasteiger partial charge in [0.15, 0.2) is 5.11 Å². The van der Waals surface area contributed by atoms with Crippen molar-refractivity contribution in [2.24, 2.45) is 0 Å². The van der Waals surface area contributed by atoms with Crippen LogP contribution in [0.15, 0.2) is 24.3 Å². The summed E-state index contributed by atoms with van der Waals surface area (Å²) in [7, 11) is 0. The van der Waals surface area contributed by atoms with Crippen LogP contribution >= 0.6 is 12.2 Å². The van der Waals surface area contributed by atoms with Crippen LogP contribution in [0.5, 0.6) is 0 Å². The van der Waals surface area contributed by atoms with Crippen LogP contribution in [0, 0.1) is 6.92 Å². The first-order valence-electron chi connectivity index (χ1n) is 6.85. The summed E-state index contributed by atoms with van der Waals surface area (Å²) in [5.74, 6) is 0. The molecular weight excluding hydrogens is 240 g/mol. The van der Waals surface area contributed by atoms with E-state index in [1.54, 1.807) is 0 Å². The summed E-state index contributed by atoms with van der Waals surface area (Å²) in [4.78, 5) is 2.36. The molecule has 1 aliphatic heterocycles. The molecule has 1 aliphatic rings. The topological polar surface area (TPSA) is 15.3 Å². The molecule has 0 saturated carbocycles. The van der Waals surface area contributed by atoms with Crippen LogP contribution in [0.1, 0.15) is 38.2 Å². The van der Waals surface area contributed by atoms with E-state index in [9.17, 15) is 0 Å². The lowest BCUT2D eigenvalue weighted by Crippen LogP contribution is -2.45. The van der Waals surface area contributed by atoms with Gasteiger partial charge in [0.1, 0.15) is 0 Å². The minimum atomic E-state index is 0.614. The minimum absolute atomic E-state index is 0.614. The smallest absolute Gasteiger partial charge is 0.173 e. The van der Waals surface area contributed by atoms with Crippen molar-refractivity contribution in [3.05, 3.63) is 29.8 Å². The summed E-state index contributed by atoms with van der Waals surface area (Å²) < 4.78 is 0. The fourth-order valence-corrected chi connectivity index (χ4v) is 2.97. The molecule has 0 spiro atoms. The molecule has 1 saturated heterocycles. The Morgan fingerprint density at radius 3 is 3.00 bits per heavy atom. The third-order valence-corrected chi connectivity index (χ3v) is 3.97. The van der Waals surface area contributed by atoms with E-state index in [-0.39, 0.29) is 0 Å². The third-order valence-electron chi connectivity index (χ3n) is 3.63. The zero-order valence-electron chi connectivity index (χ0n) is 11.3. The number of hydrogen-bond donors (Lipinski definition) is 1. The summed E-state index contributed by atoms with van der Waals surface area (Å²) in [6.45, 7) is 5.44. The fourth-order valence-electron chi connectivity index (χ4n) is 2.61. The van der Waals surface area contributed by atoms with Gasteiger partial charge in [-0.2, -0.15) is 0 Å². The Balaban J connectivity index is 2.02. The molecule has 0 radical (unpaired) electrons. The van der Waals surface area contributed by atoms with Crippen LogP contribution < -0.4 is 5.32 Å². The van der Waals surface area contributed by atoms with Crippen LogP contribution in [-0.4, -0.2) is 22.6 Å². The maximum absolute atomic E-state index is 5.56. The number of benzene rings is 1. The van der Waals surface area contributed by atoms with Crippen molar-refractivity contribution in [1.82, 2.24) is 4.90 Å². The molecule has 2 nitrogen and oxygen atoms in total. The normalized spacial score (nSPS) is 19.7. The fraction of sp³-hybridized carbons (Fsp3) is 0.533. The molecule has 3 heteroatoms. The Morgan fingerprint density at radius 1 is 1.44 bits per heavy atom. The van der Waals surface area contributed by atoms with Crippen molar-refractivity contribution in [1.29, 1.82) is 0 Å². The maximum Gasteiger partial charge on any atom is 0.173 e. The second-order valence-corrected chi connectivity index (χ2v) is 5.44. The lowest BCUT2D eigenvalue weighted by Gasteiger charge is -2.37. The van der Waals surface area contributed by atoms with Gasteiger partial charge in [0, 0.05) is 18.3 Å². The number of anilines is 1. The van der Waals surface area contributed by atoms with Gasteiger partial charge >= 0.3 is 0 Å². The molecule has 1 atom stereocenters. The van der Waals surface area contributed by atoms with E-state index in [0.717, 1.165) is 17.3 Å². The zero-order chi connectivity index (χ0) is 13.0. The molecule has 1 aromatic carbocycles. The average Bonchev–Trinajstić information content (AvgIpc) is 2.38. The number of hydrogen-bond acceptors (Lipinski definition) is 1. The molecule has 0 aliphatic carbocycles. The highest BCUT2D eigenvalue weighted by Crippen LogP contribution is 2.21. The van der Waals surface area contributed by atoms with Crippen molar-refractivity contribution in [2.75, 3.05) is 11.9 Å². The largest absolute Gasteiger partial charge is 0.346 e. The molecule has 2 rings (SSSR count). The predicted molar refractivity (Wildman–Crippen MR) is 82.0 cm³/mol. The molecule has 0 unspecified atom stereocenters. The highest BCUT2D eigenvalue weighted by molar-refractivity contribution is 7.80. The standard InChI is InChI=1S/C15H22N2S/c1-3-14-9-4-5-10-17(14)15(18)16-13-8-6-7-12(2)11-13/h6-8,11,14H,3-5,9-10H2,1-2H3,(H,16,18)/t14-/m1/s1. The first-order valence-corrected chi connectivity index (χ1v) is 7.26. The summed E-state index contributed by atoms with van der Waals surface area (Å²) in [6, 6.07) is 8.99. The molecule has 1 fully saturated rings. The number of thiocarbonyl (C=S) groups is 1. The van der Waals surface area contributed by atoms with E-state index in [2.05, 4.69) is 48.3 Å². The van der Waals surface area contributed by atoms with Crippen LogP contribution in [-0.2, 0) is 0 Å². The highest BCUT2D eigenvalue weighted by Gasteiger charge is 2.22. The van der Waals surface area contributed by atoms with Crippen LogP contribution in [0.3, 0.4) is 0 Å². The molecule has 1 heterocycles. The Bertz CT molecular complexity index is 417. The van der Waals surface area contributed by atoms with Gasteiger partial charge in [0.05, 0.1) is 0 Å². The second-order valence-electron chi connectivity index (χ2n) is 5.05. The molecule has 0 bridgehead atoms. The van der Waals surface area contributed by atoms with E-state index >= 15 is 0 Å². The average molecular weight is 262 g/mol. The van der Waals surface area contributed by atoms with Crippen LogP contribution in [0.2, 0.25) is 0 Å². The van der Waals surface area contributed by atoms with Crippen molar-refractivity contribution in [3.8, 4) is 0 Å². The number of piperidine rings is 1. The van der Waals surface area contributed by atoms with Crippen LogP contribution in [0.25, 0.3) is 0 Å². The van der Waals surface area contributed by atoms with Gasteiger partial charge in [-0.25, -0.2) is 0 Å². The Morgan fingerprint density at radius 2 is 2.28 bits per heavy atom. The molecule has 98 valence electrons. The van der Waals surface area contributed by atoms with E-state index in [1.165, 1.54) is 31.2 Å². The monoisotopic (exact) mass is 262 g/mol. The lowest BCUT2D eigenvalue weighted by atomic mass is 10.0. The molecule has 0 amide bonds. The zero-order valence-corrected chi connectivity index (χ0v) is 12.1. The van der Waals surface area contributed by atoms with Crippen molar-refractivity contribution < 1.29 is 0 Å². The number of nitrogens with zero attached hydrogens (tertiary/aromatic N) is 1. The Hall–Kier alpha value is -1.09. The van der Waals surface area contributed by atoms with Gasteiger partial charge < -0.3 is 10.2 Å². The number of nitrogens with one attached hydrogen (secondary N) is 1. The molecular formula is C15H22N2S. The predicted octanol–water partition coefficient (Wildman–Crippen LogP) is 3.96. The van der Waals surface area contributed by atoms with Gasteiger partial charge in [-0.15, -0.1) is 0 Å². The summed E-state index contributed by atoms with van der Waals surface area (Å²) >= 11 is 5.56. The number of likely N-dealkylation sites (tertiary alicyclic amines) is 1. The Labute approximate surface area is 115 Å². The van der Waals surface area contributed by atoms with E-state index in [1.807, 2.05) is 0 Å². The first-order chi connectivity index (χ1) is 8.70. The second kappa shape index (κ2) is 6.19. The lowest BCUT2D eigenvalue weighted by molar-refractivity contribution is 0.239. The molecule has 1 N–H and O–H groups in total. The van der Waals surface area contributed by atoms with Gasteiger partial charge in [-0.05, 0) is 62.5 Å². The third kappa shape index (κ3) is 3.22. The summed E-state index contributed by atoms with van der Waals surface area (Å²) in [6.07, 6.45) is 5.04. The SMILES string of the molecule is CC[C@@H]1CCCCN1C(=S)Nc1cccc(C)c1. The first kappa shape index (κ1) is 13.3. The van der Waals surface area contributed by atoms with Crippen LogP contribution in [0.4, 0.5) is 5.69 Å². The quantitative estimate of drug-likeness (QED) is 0.812. The van der Waals surface area contributed by atoms with Crippen molar-refractivity contribution in [2.45, 2.75) is 45.6 Å². The Kier molecular flexibility index (Phi) is 4.59. The molecule has 1 aromatic rings. The van der Waals surface area contributed by atoms with E-state index in [0.29, 0.717) is 6.04 Å². The van der Waals surface area contributed by atoms with Gasteiger partial charge in [0.2, 0.25) is 0 Å². The molecule has 18 heavy (non-hydrogen) atoms. The van der Waals surface area contributed by atoms with Gasteiger partial charge in [0.25, 0.3) is 0 Å². The van der Waals surface area contributed by atoms with Gasteiger partial charge in [-0.1, -0.05) is 19.1 Å². The maximum atomic E-state index is 5.56. The van der Waals surface area contributed by atoms with Crippen molar-refractivity contribution in [3.63, 3.8) is 0 Å².